The van der Waals surface area contributed by atoms with Gasteiger partial charge >= 0.3 is 0 Å². The minimum absolute atomic E-state index is 0.688. The van der Waals surface area contributed by atoms with Gasteiger partial charge in [0.15, 0.2) is 0 Å². The van der Waals surface area contributed by atoms with Crippen molar-refractivity contribution >= 4 is 142 Å². The van der Waals surface area contributed by atoms with Gasteiger partial charge in [-0.25, -0.2) is 9.97 Å². The van der Waals surface area contributed by atoms with Crippen LogP contribution in [0.25, 0.3) is 74.2 Å². The number of nitrogens with zero attached hydrogens (tertiary/aromatic N) is 4. The summed E-state index contributed by atoms with van der Waals surface area (Å²) in [5.74, 6) is 1.38. The second kappa shape index (κ2) is 37.9. The van der Waals surface area contributed by atoms with Crippen molar-refractivity contribution in [1.82, 2.24) is 18.7 Å². The van der Waals surface area contributed by atoms with Crippen LogP contribution in [-0.2, 0) is 12.8 Å². The Labute approximate surface area is 540 Å². The van der Waals surface area contributed by atoms with Crippen molar-refractivity contribution in [1.29, 1.82) is 0 Å². The molecule has 0 aliphatic rings. The summed E-state index contributed by atoms with van der Waals surface area (Å²) in [6.45, 7) is 9.29. The van der Waals surface area contributed by atoms with Crippen LogP contribution in [0.2, 0.25) is 0 Å². The molecular weight excluding hydrogens is 1240 g/mol. The molecule has 11 heteroatoms. The highest BCUT2D eigenvalue weighted by Crippen LogP contribution is 2.50. The first-order chi connectivity index (χ1) is 40.9. The van der Waals surface area contributed by atoms with Gasteiger partial charge in [0.1, 0.15) is 22.1 Å². The van der Waals surface area contributed by atoms with Crippen molar-refractivity contribution in [2.75, 3.05) is 0 Å². The van der Waals surface area contributed by atoms with Crippen LogP contribution >= 0.6 is 88.9 Å². The maximum atomic E-state index is 5.86. The highest BCUT2D eigenvalue weighted by molar-refractivity contribution is 9.11. The van der Waals surface area contributed by atoms with E-state index in [1.807, 2.05) is 45.3 Å². The van der Waals surface area contributed by atoms with Crippen molar-refractivity contribution < 1.29 is 0 Å². The summed E-state index contributed by atoms with van der Waals surface area (Å²) in [6.07, 6.45) is 57.4. The molecule has 0 saturated carbocycles. The van der Waals surface area contributed by atoms with Crippen LogP contribution in [0.3, 0.4) is 0 Å². The molecule has 0 radical (unpaired) electrons. The van der Waals surface area contributed by atoms with Gasteiger partial charge in [0, 0.05) is 31.7 Å². The van der Waals surface area contributed by atoms with Gasteiger partial charge in [-0.2, -0.15) is 8.75 Å². The Hall–Kier alpha value is -1.86. The number of aromatic nitrogens is 4. The van der Waals surface area contributed by atoms with E-state index in [2.05, 4.69) is 94.6 Å². The maximum Gasteiger partial charge on any atom is 0.116 e. The average Bonchev–Trinajstić information content (AvgIpc) is 1.92. The number of hydrogen-bond acceptors (Lipinski definition) is 9. The van der Waals surface area contributed by atoms with Gasteiger partial charge in [0.2, 0.25) is 0 Å². The van der Waals surface area contributed by atoms with Crippen LogP contribution in [0, 0.1) is 11.8 Å². The lowest BCUT2D eigenvalue weighted by molar-refractivity contribution is 0.400. The highest BCUT2D eigenvalue weighted by Gasteiger charge is 2.28. The lowest BCUT2D eigenvalue weighted by atomic mass is 9.89. The van der Waals surface area contributed by atoms with E-state index in [4.69, 9.17) is 18.7 Å². The summed E-state index contributed by atoms with van der Waals surface area (Å²) in [4.78, 5) is 14.2. The number of fused-ring (bicyclic) bond motifs is 8. The normalized spacial score (nSPS) is 12.9. The molecule has 0 bridgehead atoms. The molecular formula is C72H104Br2N4S5. The second-order valence-corrected chi connectivity index (χ2v) is 32.2. The Kier molecular flexibility index (Phi) is 30.6. The molecule has 83 heavy (non-hydrogen) atoms. The zero-order valence-electron chi connectivity index (χ0n) is 51.9. The number of benzene rings is 2. The summed E-state index contributed by atoms with van der Waals surface area (Å²) in [6, 6.07) is 9.57. The maximum absolute atomic E-state index is 5.86. The molecule has 2 atom stereocenters. The molecule has 0 fully saturated rings. The third-order valence-corrected chi connectivity index (χ3v) is 24.7. The van der Waals surface area contributed by atoms with E-state index < -0.39 is 0 Å². The van der Waals surface area contributed by atoms with E-state index >= 15 is 0 Å². The lowest BCUT2D eigenvalue weighted by Crippen LogP contribution is -2.05. The van der Waals surface area contributed by atoms with Crippen molar-refractivity contribution in [2.24, 2.45) is 11.8 Å². The Morgan fingerprint density at radius 1 is 0.361 bits per heavy atom. The number of hydrogen-bond donors (Lipinski definition) is 0. The van der Waals surface area contributed by atoms with E-state index in [0.717, 1.165) is 57.1 Å². The van der Waals surface area contributed by atoms with Gasteiger partial charge in [-0.05, 0) is 103 Å². The molecule has 2 unspecified atom stereocenters. The van der Waals surface area contributed by atoms with Gasteiger partial charge in [0.05, 0.1) is 39.7 Å². The molecule has 0 N–H and O–H groups in total. The number of halogens is 2. The van der Waals surface area contributed by atoms with Crippen LogP contribution in [0.5, 0.6) is 0 Å². The molecule has 0 aliphatic carbocycles. The minimum Gasteiger partial charge on any atom is -0.243 e. The fourth-order valence-electron chi connectivity index (χ4n) is 13.3. The van der Waals surface area contributed by atoms with Crippen molar-refractivity contribution in [3.63, 3.8) is 0 Å². The molecule has 0 saturated heterocycles. The number of thiophene rings is 4. The minimum atomic E-state index is 0.688. The zero-order chi connectivity index (χ0) is 57.9. The quantitative estimate of drug-likeness (QED) is 0.0282. The Bertz CT molecular complexity index is 2890. The summed E-state index contributed by atoms with van der Waals surface area (Å²) < 4.78 is 15.6. The molecule has 4 nitrogen and oxygen atoms in total. The smallest absolute Gasteiger partial charge is 0.116 e. The monoisotopic (exact) mass is 1340 g/mol. The first-order valence-corrected chi connectivity index (χ1v) is 39.9. The first kappa shape index (κ1) is 67.1. The molecule has 6 heterocycles. The summed E-state index contributed by atoms with van der Waals surface area (Å²) in [7, 11) is 0. The van der Waals surface area contributed by atoms with Gasteiger partial charge in [-0.3, -0.25) is 0 Å². The van der Waals surface area contributed by atoms with Crippen LogP contribution < -0.4 is 0 Å². The summed E-state index contributed by atoms with van der Waals surface area (Å²) >= 11 is 17.2. The molecule has 0 amide bonds. The SMILES string of the molecule is CCCCCCCCCCCCC(CCCCCCCCCC)Cc1cc(-c2c3nsnc3c(-c3cc(CC(CCCCCCCCCC)CCCCCCCCCCCC)c(Br)s3)c3nc4c5ccsc5c5sccc5c4nc23)sc1Br. The van der Waals surface area contributed by atoms with E-state index in [9.17, 15) is 0 Å². The van der Waals surface area contributed by atoms with Crippen LogP contribution in [0.1, 0.15) is 296 Å². The molecule has 8 aromatic rings. The number of rotatable bonds is 46. The molecule has 2 aromatic carbocycles. The van der Waals surface area contributed by atoms with Gasteiger partial charge in [-0.15, -0.1) is 45.3 Å². The topological polar surface area (TPSA) is 51.6 Å². The predicted molar refractivity (Wildman–Crippen MR) is 383 cm³/mol. The standard InChI is InChI=1S/C72H104Br2N4S5/c1-5-9-13-17-21-25-27-31-35-39-43-53(41-37-33-29-23-19-15-11-7-3)49-55-51-59(81-71(55)73)61-65-66(76-64-58-46-48-80-70(58)69-57(45-47-79-69)63(64)75-65)62(68-67(61)77-83-78-68)60-52-56(72(74)82-60)50-54(42-38-34-30-24-20-16-12-8-4)44-40-36-32-28-26-22-18-14-10-6-2/h45-48,51-54H,5-44,49-50H2,1-4H3. The van der Waals surface area contributed by atoms with Crippen LogP contribution in [0.4, 0.5) is 0 Å². The lowest BCUT2D eigenvalue weighted by Gasteiger charge is -2.17. The van der Waals surface area contributed by atoms with Crippen LogP contribution in [-0.4, -0.2) is 18.7 Å². The zero-order valence-corrected chi connectivity index (χ0v) is 59.2. The first-order valence-electron chi connectivity index (χ1n) is 34.2. The van der Waals surface area contributed by atoms with E-state index in [1.54, 1.807) is 0 Å². The Morgan fingerprint density at radius 3 is 0.952 bits per heavy atom. The molecule has 456 valence electrons. The second-order valence-electron chi connectivity index (χ2n) is 25.1. The fourth-order valence-corrected chi connectivity index (χ4v) is 19.4. The third-order valence-electron chi connectivity index (χ3n) is 18.3. The fraction of sp³-hybridized carbons (Fsp3) is 0.667. The van der Waals surface area contributed by atoms with Crippen LogP contribution in [0.15, 0.2) is 42.6 Å². The van der Waals surface area contributed by atoms with E-state index in [1.165, 1.54) is 317 Å². The summed E-state index contributed by atoms with van der Waals surface area (Å²) in [5, 5.41) is 6.88. The molecule has 8 rings (SSSR count). The Balaban J connectivity index is 1.08. The molecule has 0 aliphatic heterocycles. The Morgan fingerprint density at radius 2 is 0.651 bits per heavy atom. The van der Waals surface area contributed by atoms with Gasteiger partial charge in [0.25, 0.3) is 0 Å². The van der Waals surface area contributed by atoms with E-state index in [0.29, 0.717) is 11.8 Å². The van der Waals surface area contributed by atoms with Crippen molar-refractivity contribution in [2.45, 2.75) is 297 Å². The molecule has 0 spiro atoms. The number of unbranched alkanes of at least 4 members (excludes halogenated alkanes) is 32. The van der Waals surface area contributed by atoms with Crippen molar-refractivity contribution in [3.05, 3.63) is 53.7 Å². The average molecular weight is 1350 g/mol. The highest BCUT2D eigenvalue weighted by atomic mass is 79.9. The van der Waals surface area contributed by atoms with Crippen molar-refractivity contribution in [3.8, 4) is 20.9 Å². The van der Waals surface area contributed by atoms with Gasteiger partial charge < -0.3 is 0 Å². The third kappa shape index (κ3) is 20.1. The van der Waals surface area contributed by atoms with Gasteiger partial charge in [-0.1, -0.05) is 285 Å². The summed E-state index contributed by atoms with van der Waals surface area (Å²) in [5.41, 5.74) is 10.9. The molecule has 6 aromatic heterocycles. The predicted octanol–water partition coefficient (Wildman–Crippen LogP) is 28.2. The van der Waals surface area contributed by atoms with E-state index in [-0.39, 0.29) is 0 Å². The largest absolute Gasteiger partial charge is 0.243 e.